The third-order valence-corrected chi connectivity index (χ3v) is 5.36. The van der Waals surface area contributed by atoms with E-state index in [9.17, 15) is 13.5 Å². The number of aliphatic hydroxyl groups is 1. The number of hydrogen-bond acceptors (Lipinski definition) is 6. The highest BCUT2D eigenvalue weighted by Crippen LogP contribution is 2.22. The highest BCUT2D eigenvalue weighted by Gasteiger charge is 2.34. The van der Waals surface area contributed by atoms with Crippen LogP contribution in [0.3, 0.4) is 0 Å². The standard InChI is InChI=1S/C18H30N2O5S/c1-14-7-4-5-9-18(14)25-15(12-21)11-20-10-6-8-16(17(20)13-24-2)19-26(3,22)23/h4-5,7,9,15-17,19,21H,6,8,10-13H2,1-3H3/t15-,16-,17?/m0/s1. The van der Waals surface area contributed by atoms with E-state index in [1.54, 1.807) is 7.11 Å². The van der Waals surface area contributed by atoms with Crippen molar-refractivity contribution in [1.82, 2.24) is 9.62 Å². The van der Waals surface area contributed by atoms with Gasteiger partial charge in [0.1, 0.15) is 11.9 Å². The SMILES string of the molecule is COCC1[C@@H](NS(C)(=O)=O)CCCN1C[C@@H](CO)Oc1ccccc1C. The first-order valence-electron chi connectivity index (χ1n) is 8.87. The number of sulfonamides is 1. The van der Waals surface area contributed by atoms with Gasteiger partial charge in [-0.25, -0.2) is 13.1 Å². The maximum Gasteiger partial charge on any atom is 0.209 e. The number of likely N-dealkylation sites (tertiary alicyclic amines) is 1. The van der Waals surface area contributed by atoms with E-state index in [4.69, 9.17) is 9.47 Å². The van der Waals surface area contributed by atoms with E-state index in [1.807, 2.05) is 31.2 Å². The number of hydrogen-bond donors (Lipinski definition) is 2. The molecule has 1 fully saturated rings. The first-order valence-corrected chi connectivity index (χ1v) is 10.8. The Labute approximate surface area is 156 Å². The van der Waals surface area contributed by atoms with Gasteiger partial charge in [-0.15, -0.1) is 0 Å². The lowest BCUT2D eigenvalue weighted by molar-refractivity contribution is 0.00904. The Balaban J connectivity index is 2.09. The summed E-state index contributed by atoms with van der Waals surface area (Å²) in [6.45, 7) is 3.57. The van der Waals surface area contributed by atoms with Crippen molar-refractivity contribution < 1.29 is 23.0 Å². The topological polar surface area (TPSA) is 88.1 Å². The van der Waals surface area contributed by atoms with E-state index >= 15 is 0 Å². The van der Waals surface area contributed by atoms with Crippen molar-refractivity contribution in [3.8, 4) is 5.75 Å². The van der Waals surface area contributed by atoms with Gasteiger partial charge in [-0.05, 0) is 37.9 Å². The summed E-state index contributed by atoms with van der Waals surface area (Å²) in [6.07, 6.45) is 2.41. The monoisotopic (exact) mass is 386 g/mol. The van der Waals surface area contributed by atoms with Crippen LogP contribution in [0.2, 0.25) is 0 Å². The minimum absolute atomic E-state index is 0.0991. The van der Waals surface area contributed by atoms with Gasteiger partial charge in [0.25, 0.3) is 0 Å². The molecule has 1 saturated heterocycles. The van der Waals surface area contributed by atoms with Crippen molar-refractivity contribution in [3.63, 3.8) is 0 Å². The lowest BCUT2D eigenvalue weighted by Crippen LogP contribution is -2.58. The predicted octanol–water partition coefficient (Wildman–Crippen LogP) is 0.763. The fourth-order valence-corrected chi connectivity index (χ4v) is 4.25. The maximum atomic E-state index is 11.7. The van der Waals surface area contributed by atoms with Crippen molar-refractivity contribution in [2.24, 2.45) is 0 Å². The number of nitrogens with zero attached hydrogens (tertiary/aromatic N) is 1. The van der Waals surface area contributed by atoms with Crippen LogP contribution in [0.5, 0.6) is 5.75 Å². The predicted molar refractivity (Wildman–Crippen MR) is 101 cm³/mol. The van der Waals surface area contributed by atoms with E-state index in [2.05, 4.69) is 9.62 Å². The fourth-order valence-electron chi connectivity index (χ4n) is 3.42. The first kappa shape index (κ1) is 21.1. The van der Waals surface area contributed by atoms with Crippen LogP contribution < -0.4 is 9.46 Å². The Morgan fingerprint density at radius 2 is 2.12 bits per heavy atom. The molecule has 1 heterocycles. The lowest BCUT2D eigenvalue weighted by Gasteiger charge is -2.42. The summed E-state index contributed by atoms with van der Waals surface area (Å²) in [5, 5.41) is 9.78. The summed E-state index contributed by atoms with van der Waals surface area (Å²) in [7, 11) is -1.69. The average molecular weight is 387 g/mol. The fraction of sp³-hybridized carbons (Fsp3) is 0.667. The van der Waals surface area contributed by atoms with E-state index in [-0.39, 0.29) is 18.7 Å². The quantitative estimate of drug-likeness (QED) is 0.652. The molecule has 0 amide bonds. The highest BCUT2D eigenvalue weighted by atomic mass is 32.2. The minimum atomic E-state index is -3.30. The maximum absolute atomic E-state index is 11.7. The number of nitrogens with one attached hydrogen (secondary N) is 1. The van der Waals surface area contributed by atoms with E-state index < -0.39 is 16.1 Å². The van der Waals surface area contributed by atoms with Crippen LogP contribution in [0, 0.1) is 6.92 Å². The molecule has 1 unspecified atom stereocenters. The van der Waals surface area contributed by atoms with Gasteiger partial charge in [-0.1, -0.05) is 18.2 Å². The zero-order valence-corrected chi connectivity index (χ0v) is 16.5. The minimum Gasteiger partial charge on any atom is -0.486 e. The summed E-state index contributed by atoms with van der Waals surface area (Å²) in [5.41, 5.74) is 1.01. The largest absolute Gasteiger partial charge is 0.486 e. The van der Waals surface area contributed by atoms with Crippen LogP contribution in [0.4, 0.5) is 0 Å². The van der Waals surface area contributed by atoms with Crippen molar-refractivity contribution >= 4 is 10.0 Å². The molecule has 2 N–H and O–H groups in total. The summed E-state index contributed by atoms with van der Waals surface area (Å²) in [5.74, 6) is 0.748. The number of rotatable bonds is 9. The second-order valence-corrected chi connectivity index (χ2v) is 8.62. The van der Waals surface area contributed by atoms with Crippen LogP contribution in [0.15, 0.2) is 24.3 Å². The Bertz CT molecular complexity index is 667. The van der Waals surface area contributed by atoms with Gasteiger partial charge < -0.3 is 14.6 Å². The third-order valence-electron chi connectivity index (χ3n) is 4.63. The van der Waals surface area contributed by atoms with Crippen LogP contribution >= 0.6 is 0 Å². The summed E-state index contributed by atoms with van der Waals surface area (Å²) < 4.78 is 37.4. The zero-order valence-electron chi connectivity index (χ0n) is 15.7. The number of aliphatic hydroxyl groups excluding tert-OH is 1. The van der Waals surface area contributed by atoms with Crippen LogP contribution in [0.25, 0.3) is 0 Å². The zero-order chi connectivity index (χ0) is 19.2. The molecule has 1 aliphatic rings. The molecule has 0 saturated carbocycles. The molecular formula is C18H30N2O5S. The molecule has 2 rings (SSSR count). The molecule has 148 valence electrons. The van der Waals surface area contributed by atoms with E-state index in [0.29, 0.717) is 13.2 Å². The molecule has 0 bridgehead atoms. The molecule has 1 aliphatic heterocycles. The van der Waals surface area contributed by atoms with Gasteiger partial charge in [0.15, 0.2) is 0 Å². The molecule has 0 aliphatic carbocycles. The molecule has 1 aromatic rings. The van der Waals surface area contributed by atoms with Crippen LogP contribution in [-0.2, 0) is 14.8 Å². The van der Waals surface area contributed by atoms with Gasteiger partial charge in [0.05, 0.1) is 19.5 Å². The summed E-state index contributed by atoms with van der Waals surface area (Å²) >= 11 is 0. The number of aryl methyl sites for hydroxylation is 1. The summed E-state index contributed by atoms with van der Waals surface area (Å²) in [4.78, 5) is 2.15. The molecule has 0 radical (unpaired) electrons. The van der Waals surface area contributed by atoms with Gasteiger partial charge in [0, 0.05) is 25.7 Å². The van der Waals surface area contributed by atoms with Crippen molar-refractivity contribution in [3.05, 3.63) is 29.8 Å². The molecule has 1 aromatic carbocycles. The smallest absolute Gasteiger partial charge is 0.209 e. The molecule has 8 heteroatoms. The Morgan fingerprint density at radius 3 is 2.73 bits per heavy atom. The second-order valence-electron chi connectivity index (χ2n) is 6.84. The third kappa shape index (κ3) is 6.21. The number of piperidine rings is 1. The van der Waals surface area contributed by atoms with E-state index in [1.165, 1.54) is 6.26 Å². The highest BCUT2D eigenvalue weighted by molar-refractivity contribution is 7.88. The van der Waals surface area contributed by atoms with Crippen molar-refractivity contribution in [2.45, 2.75) is 38.0 Å². The van der Waals surface area contributed by atoms with Gasteiger partial charge in [-0.3, -0.25) is 4.90 Å². The number of methoxy groups -OCH3 is 1. The van der Waals surface area contributed by atoms with E-state index in [0.717, 1.165) is 30.7 Å². The molecule has 3 atom stereocenters. The van der Waals surface area contributed by atoms with Crippen molar-refractivity contribution in [1.29, 1.82) is 0 Å². The van der Waals surface area contributed by atoms with Crippen LogP contribution in [0.1, 0.15) is 18.4 Å². The first-order chi connectivity index (χ1) is 12.3. The molecule has 26 heavy (non-hydrogen) atoms. The lowest BCUT2D eigenvalue weighted by atomic mass is 9.97. The summed E-state index contributed by atoms with van der Waals surface area (Å²) in [6, 6.07) is 7.38. The Kier molecular flexibility index (Phi) is 7.85. The molecular weight excluding hydrogens is 356 g/mol. The normalized spacial score (nSPS) is 22.9. The molecule has 0 spiro atoms. The Hall–Kier alpha value is -1.19. The number of para-hydroxylation sites is 1. The van der Waals surface area contributed by atoms with Crippen LogP contribution in [-0.4, -0.2) is 76.3 Å². The van der Waals surface area contributed by atoms with Crippen molar-refractivity contribution in [2.75, 3.05) is 39.7 Å². The Morgan fingerprint density at radius 1 is 1.38 bits per heavy atom. The molecule has 0 aromatic heterocycles. The molecule has 7 nitrogen and oxygen atoms in total. The number of benzene rings is 1. The number of ether oxygens (including phenoxy) is 2. The van der Waals surface area contributed by atoms with Gasteiger partial charge in [-0.2, -0.15) is 0 Å². The van der Waals surface area contributed by atoms with Gasteiger partial charge in [0.2, 0.25) is 10.0 Å². The average Bonchev–Trinajstić information content (AvgIpc) is 2.57. The second kappa shape index (κ2) is 9.66. The van der Waals surface area contributed by atoms with Gasteiger partial charge >= 0.3 is 0 Å².